The van der Waals surface area contributed by atoms with Gasteiger partial charge in [-0.2, -0.15) is 0 Å². The molecule has 80 valence electrons. The first-order valence-electron chi connectivity index (χ1n) is 4.93. The van der Waals surface area contributed by atoms with Gasteiger partial charge < -0.3 is 10.3 Å². The summed E-state index contributed by atoms with van der Waals surface area (Å²) >= 11 is 1.70. The smallest absolute Gasteiger partial charge is 0.107 e. The van der Waals surface area contributed by atoms with Crippen LogP contribution < -0.4 is 5.32 Å². The monoisotopic (exact) mass is 222 g/mol. The van der Waals surface area contributed by atoms with E-state index in [-0.39, 0.29) is 0 Å². The first kappa shape index (κ1) is 10.3. The fourth-order valence-electron chi connectivity index (χ4n) is 1.32. The zero-order valence-corrected chi connectivity index (χ0v) is 9.47. The van der Waals surface area contributed by atoms with Crippen LogP contribution in [0.5, 0.6) is 0 Å². The Kier molecular flexibility index (Phi) is 3.47. The van der Waals surface area contributed by atoms with Crippen LogP contribution in [0, 0.1) is 6.92 Å². The molecule has 0 unspecified atom stereocenters. The average molecular weight is 222 g/mol. The minimum absolute atomic E-state index is 0.854. The highest BCUT2D eigenvalue weighted by Crippen LogP contribution is 2.07. The summed E-state index contributed by atoms with van der Waals surface area (Å²) in [5.74, 6) is 0. The first-order chi connectivity index (χ1) is 7.34. The van der Waals surface area contributed by atoms with E-state index < -0.39 is 0 Å². The molecular weight excluding hydrogens is 208 g/mol. The van der Waals surface area contributed by atoms with Gasteiger partial charge in [0.05, 0.1) is 6.33 Å². The molecule has 2 aromatic heterocycles. The summed E-state index contributed by atoms with van der Waals surface area (Å²) in [5, 5.41) is 6.58. The third-order valence-electron chi connectivity index (χ3n) is 2.07. The van der Waals surface area contributed by atoms with Crippen molar-refractivity contribution >= 4 is 11.3 Å². The highest BCUT2D eigenvalue weighted by molar-refractivity contribution is 7.09. The molecule has 0 aromatic carbocycles. The quantitative estimate of drug-likeness (QED) is 0.754. The lowest BCUT2D eigenvalue weighted by Gasteiger charge is -2.00. The summed E-state index contributed by atoms with van der Waals surface area (Å²) in [5.41, 5.74) is 2.27. The van der Waals surface area contributed by atoms with E-state index in [0.29, 0.717) is 0 Å². The largest absolute Gasteiger partial charge is 0.348 e. The summed E-state index contributed by atoms with van der Waals surface area (Å²) in [4.78, 5) is 11.4. The second kappa shape index (κ2) is 5.04. The minimum Gasteiger partial charge on any atom is -0.348 e. The summed E-state index contributed by atoms with van der Waals surface area (Å²) in [7, 11) is 0. The van der Waals surface area contributed by atoms with Crippen LogP contribution in [0.2, 0.25) is 0 Å². The van der Waals surface area contributed by atoms with Crippen LogP contribution in [0.3, 0.4) is 0 Å². The van der Waals surface area contributed by atoms with Crippen molar-refractivity contribution in [1.82, 2.24) is 20.3 Å². The van der Waals surface area contributed by atoms with Gasteiger partial charge in [-0.3, -0.25) is 0 Å². The summed E-state index contributed by atoms with van der Waals surface area (Å²) < 4.78 is 0. The van der Waals surface area contributed by atoms with E-state index >= 15 is 0 Å². The summed E-state index contributed by atoms with van der Waals surface area (Å²) in [6.07, 6.45) is 4.54. The maximum absolute atomic E-state index is 4.38. The second-order valence-electron chi connectivity index (χ2n) is 3.39. The maximum Gasteiger partial charge on any atom is 0.107 e. The number of imidazole rings is 1. The molecule has 0 aliphatic rings. The second-order valence-corrected chi connectivity index (χ2v) is 4.33. The van der Waals surface area contributed by atoms with Crippen molar-refractivity contribution < 1.29 is 0 Å². The van der Waals surface area contributed by atoms with Gasteiger partial charge in [-0.1, -0.05) is 0 Å². The molecule has 0 amide bonds. The van der Waals surface area contributed by atoms with Gasteiger partial charge in [0, 0.05) is 42.5 Å². The lowest BCUT2D eigenvalue weighted by atomic mass is 10.3. The first-order valence-corrected chi connectivity index (χ1v) is 5.81. The molecule has 2 N–H and O–H groups in total. The molecule has 15 heavy (non-hydrogen) atoms. The van der Waals surface area contributed by atoms with E-state index in [2.05, 4.69) is 25.6 Å². The molecule has 0 saturated heterocycles. The Morgan fingerprint density at radius 1 is 1.53 bits per heavy atom. The van der Waals surface area contributed by atoms with Crippen molar-refractivity contribution in [3.63, 3.8) is 0 Å². The van der Waals surface area contributed by atoms with Gasteiger partial charge >= 0.3 is 0 Å². The average Bonchev–Trinajstić information content (AvgIpc) is 2.84. The predicted octanol–water partition coefficient (Wildman–Crippen LogP) is 1.51. The van der Waals surface area contributed by atoms with E-state index in [1.165, 1.54) is 0 Å². The fourth-order valence-corrected chi connectivity index (χ4v) is 2.07. The molecule has 2 heterocycles. The van der Waals surface area contributed by atoms with Crippen LogP contribution >= 0.6 is 11.3 Å². The van der Waals surface area contributed by atoms with Crippen molar-refractivity contribution in [2.75, 3.05) is 6.54 Å². The number of hydrogen-bond donors (Lipinski definition) is 2. The molecule has 2 aromatic rings. The molecule has 2 rings (SSSR count). The number of H-pyrrole nitrogens is 1. The van der Waals surface area contributed by atoms with E-state index in [1.54, 1.807) is 17.7 Å². The van der Waals surface area contributed by atoms with Gasteiger partial charge in [-0.15, -0.1) is 11.3 Å². The van der Waals surface area contributed by atoms with Crippen molar-refractivity contribution in [3.8, 4) is 0 Å². The Balaban J connectivity index is 1.67. The molecule has 4 nitrogen and oxygen atoms in total. The van der Waals surface area contributed by atoms with E-state index in [1.807, 2.05) is 13.1 Å². The summed E-state index contributed by atoms with van der Waals surface area (Å²) in [6.45, 7) is 3.82. The van der Waals surface area contributed by atoms with Gasteiger partial charge in [0.2, 0.25) is 0 Å². The number of aryl methyl sites for hydroxylation is 1. The van der Waals surface area contributed by atoms with Gasteiger partial charge in [0.1, 0.15) is 5.01 Å². The van der Waals surface area contributed by atoms with Crippen molar-refractivity contribution in [3.05, 3.63) is 34.3 Å². The van der Waals surface area contributed by atoms with Crippen molar-refractivity contribution in [1.29, 1.82) is 0 Å². The Labute approximate surface area is 92.8 Å². The number of rotatable bonds is 5. The van der Waals surface area contributed by atoms with Crippen LogP contribution in [0.25, 0.3) is 0 Å². The van der Waals surface area contributed by atoms with Gasteiger partial charge in [-0.05, 0) is 6.92 Å². The predicted molar refractivity (Wildman–Crippen MR) is 60.8 cm³/mol. The third kappa shape index (κ3) is 3.14. The summed E-state index contributed by atoms with van der Waals surface area (Å²) in [6, 6.07) is 0. The van der Waals surface area contributed by atoms with Crippen LogP contribution in [0.1, 0.15) is 16.4 Å². The number of nitrogens with zero attached hydrogens (tertiary/aromatic N) is 2. The van der Waals surface area contributed by atoms with Crippen molar-refractivity contribution in [2.24, 2.45) is 0 Å². The Morgan fingerprint density at radius 2 is 2.47 bits per heavy atom. The van der Waals surface area contributed by atoms with Crippen molar-refractivity contribution in [2.45, 2.75) is 19.9 Å². The molecule has 0 spiro atoms. The molecule has 0 radical (unpaired) electrons. The Bertz CT molecular complexity index is 393. The normalized spacial score (nSPS) is 10.7. The Morgan fingerprint density at radius 3 is 3.13 bits per heavy atom. The molecule has 0 atom stereocenters. The number of nitrogens with one attached hydrogen (secondary N) is 2. The SMILES string of the molecule is Cc1csc(CNCCc2cnc[nH]2)n1. The molecule has 0 aliphatic carbocycles. The van der Waals surface area contributed by atoms with E-state index in [4.69, 9.17) is 0 Å². The molecule has 5 heteroatoms. The maximum atomic E-state index is 4.38. The van der Waals surface area contributed by atoms with E-state index in [9.17, 15) is 0 Å². The van der Waals surface area contributed by atoms with Crippen LogP contribution in [0.4, 0.5) is 0 Å². The molecular formula is C10H14N4S. The molecule has 0 fully saturated rings. The number of aromatic nitrogens is 3. The minimum atomic E-state index is 0.854. The molecule has 0 aliphatic heterocycles. The van der Waals surface area contributed by atoms with E-state index in [0.717, 1.165) is 35.9 Å². The lowest BCUT2D eigenvalue weighted by molar-refractivity contribution is 0.677. The standard InChI is InChI=1S/C10H14N4S/c1-8-6-15-10(14-8)5-11-3-2-9-4-12-7-13-9/h4,6-7,11H,2-3,5H2,1H3,(H,12,13). The number of aromatic amines is 1. The molecule has 0 bridgehead atoms. The zero-order valence-electron chi connectivity index (χ0n) is 8.66. The highest BCUT2D eigenvalue weighted by Gasteiger charge is 1.98. The van der Waals surface area contributed by atoms with Gasteiger partial charge in [-0.25, -0.2) is 9.97 Å². The number of hydrogen-bond acceptors (Lipinski definition) is 4. The topological polar surface area (TPSA) is 53.6 Å². The van der Waals surface area contributed by atoms with Crippen LogP contribution in [-0.4, -0.2) is 21.5 Å². The molecule has 0 saturated carbocycles. The zero-order chi connectivity index (χ0) is 10.5. The fraction of sp³-hybridized carbons (Fsp3) is 0.400. The number of thiazole rings is 1. The van der Waals surface area contributed by atoms with Crippen LogP contribution in [-0.2, 0) is 13.0 Å². The third-order valence-corrected chi connectivity index (χ3v) is 3.04. The van der Waals surface area contributed by atoms with Gasteiger partial charge in [0.25, 0.3) is 0 Å². The van der Waals surface area contributed by atoms with Gasteiger partial charge in [0.15, 0.2) is 0 Å². The van der Waals surface area contributed by atoms with Crippen LogP contribution in [0.15, 0.2) is 17.9 Å². The highest BCUT2D eigenvalue weighted by atomic mass is 32.1. The lowest BCUT2D eigenvalue weighted by Crippen LogP contribution is -2.16. The Hall–Kier alpha value is -1.20.